The Hall–Kier alpha value is -1.71. The number of hydrogen-bond donors (Lipinski definition) is 2. The van der Waals surface area contributed by atoms with Crippen LogP contribution in [0.15, 0.2) is 23.4 Å². The van der Waals surface area contributed by atoms with Gasteiger partial charge in [-0.05, 0) is 65.7 Å². The van der Waals surface area contributed by atoms with Gasteiger partial charge in [-0.2, -0.15) is 0 Å². The minimum absolute atomic E-state index is 0.0535. The van der Waals surface area contributed by atoms with E-state index in [-0.39, 0.29) is 21.0 Å². The highest BCUT2D eigenvalue weighted by molar-refractivity contribution is 7.97. The first-order valence-electron chi connectivity index (χ1n) is 12.6. The predicted octanol–water partition coefficient (Wildman–Crippen LogP) is 3.79. The van der Waals surface area contributed by atoms with Crippen LogP contribution in [0.1, 0.15) is 45.0 Å². The molecule has 3 aromatic rings. The number of rotatable bonds is 8. The van der Waals surface area contributed by atoms with E-state index in [0.29, 0.717) is 23.9 Å². The summed E-state index contributed by atoms with van der Waals surface area (Å²) in [6, 6.07) is 2.13. The molecule has 1 aliphatic carbocycles. The Bertz CT molecular complexity index is 1250. The summed E-state index contributed by atoms with van der Waals surface area (Å²) in [7, 11) is 3.15. The Labute approximate surface area is 233 Å². The number of hydrogen-bond acceptors (Lipinski definition) is 10. The lowest BCUT2D eigenvalue weighted by atomic mass is 10.2. The molecule has 1 aliphatic heterocycles. The van der Waals surface area contributed by atoms with Crippen LogP contribution in [0.4, 0.5) is 14.5 Å². The summed E-state index contributed by atoms with van der Waals surface area (Å²) in [6.07, 6.45) is 3.33. The molecule has 9 nitrogen and oxygen atoms in total. The van der Waals surface area contributed by atoms with Crippen LogP contribution >= 0.6 is 23.3 Å². The zero-order valence-corrected chi connectivity index (χ0v) is 24.8. The van der Waals surface area contributed by atoms with Crippen molar-refractivity contribution >= 4 is 45.3 Å². The second-order valence-corrected chi connectivity index (χ2v) is 14.5. The molecule has 3 aromatic heterocycles. The zero-order valence-electron chi connectivity index (χ0n) is 22.4. The van der Waals surface area contributed by atoms with Gasteiger partial charge in [0.25, 0.3) is 6.43 Å². The summed E-state index contributed by atoms with van der Waals surface area (Å²) in [4.78, 5) is 9.82. The Morgan fingerprint density at radius 2 is 1.97 bits per heavy atom. The number of likely N-dealkylation sites (N-methyl/N-ethyl adjacent to an activating group) is 1. The van der Waals surface area contributed by atoms with Crippen molar-refractivity contribution in [3.63, 3.8) is 0 Å². The first-order chi connectivity index (χ1) is 18.0. The van der Waals surface area contributed by atoms with Gasteiger partial charge in [-0.1, -0.05) is 11.3 Å². The standard InChI is InChI=1S/C20H24F2N6OS3.C4H12N2/c1-11-8-27(9-12(2)32(11)29)14-6-13(31-26-20(3)4-5-20)10-28-15(14)7-23-17(28)19-25-24-18(30-19)16(21)22;1-6(2)4-3-5/h6-7,10-12,16,26H,4-5,8-9H2,1-3H3;3-5H2,1-2H3. The lowest BCUT2D eigenvalue weighted by molar-refractivity contribution is 0.150. The Morgan fingerprint density at radius 3 is 2.50 bits per heavy atom. The molecule has 2 atom stereocenters. The molecule has 0 bridgehead atoms. The lowest BCUT2D eigenvalue weighted by Crippen LogP contribution is -2.47. The van der Waals surface area contributed by atoms with E-state index in [1.165, 1.54) is 0 Å². The zero-order chi connectivity index (χ0) is 27.6. The summed E-state index contributed by atoms with van der Waals surface area (Å²) in [6.45, 7) is 9.32. The average Bonchev–Trinajstić information content (AvgIpc) is 3.23. The van der Waals surface area contributed by atoms with Crippen molar-refractivity contribution in [3.8, 4) is 10.8 Å². The number of fused-ring (bicyclic) bond motifs is 1. The molecule has 38 heavy (non-hydrogen) atoms. The second kappa shape index (κ2) is 12.2. The van der Waals surface area contributed by atoms with Gasteiger partial charge in [0.1, 0.15) is 0 Å². The number of halogens is 2. The second-order valence-electron chi connectivity index (χ2n) is 10.4. The van der Waals surface area contributed by atoms with Gasteiger partial charge in [0.15, 0.2) is 15.8 Å². The largest absolute Gasteiger partial charge is 0.367 e. The van der Waals surface area contributed by atoms with E-state index in [1.807, 2.05) is 38.5 Å². The molecular formula is C24H36F2N8OS3. The minimum atomic E-state index is -2.66. The molecule has 2 unspecified atom stereocenters. The van der Waals surface area contributed by atoms with Crippen molar-refractivity contribution in [2.75, 3.05) is 45.2 Å². The monoisotopic (exact) mass is 586 g/mol. The number of nitrogens with one attached hydrogen (secondary N) is 1. The third kappa shape index (κ3) is 6.89. The molecule has 0 amide bonds. The van der Waals surface area contributed by atoms with Crippen LogP contribution in [0.25, 0.3) is 16.3 Å². The van der Waals surface area contributed by atoms with Crippen molar-refractivity contribution in [2.45, 2.75) is 61.0 Å². The maximum absolute atomic E-state index is 13.1. The molecule has 3 N–H and O–H groups in total. The van der Waals surface area contributed by atoms with E-state index in [1.54, 1.807) is 18.1 Å². The van der Waals surface area contributed by atoms with Crippen molar-refractivity contribution < 1.29 is 13.0 Å². The maximum Gasteiger partial charge on any atom is 0.291 e. The van der Waals surface area contributed by atoms with Crippen LogP contribution in [0.3, 0.4) is 0 Å². The van der Waals surface area contributed by atoms with E-state index in [4.69, 9.17) is 5.73 Å². The molecule has 210 valence electrons. The molecule has 0 radical (unpaired) electrons. The van der Waals surface area contributed by atoms with Crippen molar-refractivity contribution in [3.05, 3.63) is 23.5 Å². The average molecular weight is 587 g/mol. The molecule has 2 aliphatic rings. The van der Waals surface area contributed by atoms with Gasteiger partial charge in [-0.25, -0.2) is 13.8 Å². The van der Waals surface area contributed by atoms with Crippen molar-refractivity contribution in [1.29, 1.82) is 0 Å². The summed E-state index contributed by atoms with van der Waals surface area (Å²) in [5.41, 5.74) is 7.19. The third-order valence-electron chi connectivity index (χ3n) is 6.49. The smallest absolute Gasteiger partial charge is 0.291 e. The van der Waals surface area contributed by atoms with Crippen LogP contribution < -0.4 is 15.4 Å². The lowest BCUT2D eigenvalue weighted by Gasteiger charge is -2.36. The summed E-state index contributed by atoms with van der Waals surface area (Å²) in [5, 5.41) is 7.73. The third-order valence-corrected chi connectivity index (χ3v) is 10.4. The van der Waals surface area contributed by atoms with Crippen LogP contribution in [0.5, 0.6) is 0 Å². The minimum Gasteiger partial charge on any atom is -0.367 e. The molecule has 5 rings (SSSR count). The Kier molecular flexibility index (Phi) is 9.41. The van der Waals surface area contributed by atoms with Gasteiger partial charge in [0, 0.05) is 64.1 Å². The number of imidazole rings is 1. The predicted molar refractivity (Wildman–Crippen MR) is 153 cm³/mol. The SMILES string of the molecule is CC1CN(c2cc(SNC3(C)CC3)cn3c(-c4nnc(C(F)F)s4)ncc23)CC(C)S1=O.CN(C)CCN. The van der Waals surface area contributed by atoms with Gasteiger partial charge >= 0.3 is 0 Å². The molecular weight excluding hydrogens is 551 g/mol. The van der Waals surface area contributed by atoms with Gasteiger partial charge in [-0.15, -0.1) is 10.2 Å². The number of nitrogens with two attached hydrogens (primary N) is 1. The number of nitrogens with zero attached hydrogens (tertiary/aromatic N) is 6. The molecule has 4 heterocycles. The number of anilines is 1. The molecule has 0 aromatic carbocycles. The quantitative estimate of drug-likeness (QED) is 0.382. The highest BCUT2D eigenvalue weighted by Gasteiger charge is 2.37. The van der Waals surface area contributed by atoms with Gasteiger partial charge in [-0.3, -0.25) is 13.3 Å². The normalized spacial score (nSPS) is 22.7. The summed E-state index contributed by atoms with van der Waals surface area (Å²) >= 11 is 2.42. The van der Waals surface area contributed by atoms with E-state index < -0.39 is 17.2 Å². The Morgan fingerprint density at radius 1 is 1.29 bits per heavy atom. The van der Waals surface area contributed by atoms with Gasteiger partial charge < -0.3 is 15.5 Å². The van der Waals surface area contributed by atoms with E-state index in [9.17, 15) is 13.0 Å². The first-order valence-corrected chi connectivity index (χ1v) is 15.5. The van der Waals surface area contributed by atoms with E-state index >= 15 is 0 Å². The van der Waals surface area contributed by atoms with Crippen molar-refractivity contribution in [2.24, 2.45) is 5.73 Å². The Balaban J connectivity index is 0.000000505. The summed E-state index contributed by atoms with van der Waals surface area (Å²) < 4.78 is 44.0. The van der Waals surface area contributed by atoms with Gasteiger partial charge in [0.2, 0.25) is 0 Å². The molecule has 0 spiro atoms. The van der Waals surface area contributed by atoms with Crippen LogP contribution in [0.2, 0.25) is 0 Å². The molecule has 1 saturated heterocycles. The molecule has 2 fully saturated rings. The molecule has 1 saturated carbocycles. The van der Waals surface area contributed by atoms with Crippen LogP contribution in [-0.2, 0) is 10.8 Å². The first kappa shape index (κ1) is 29.3. The fourth-order valence-corrected chi connectivity index (χ4v) is 7.14. The van der Waals surface area contributed by atoms with E-state index in [2.05, 4.69) is 42.7 Å². The van der Waals surface area contributed by atoms with Crippen LogP contribution in [0, 0.1) is 0 Å². The topological polar surface area (TPSA) is 105 Å². The van der Waals surface area contributed by atoms with Crippen molar-refractivity contribution in [1.82, 2.24) is 29.2 Å². The fraction of sp³-hybridized carbons (Fsp3) is 0.625. The number of aromatic nitrogens is 4. The maximum atomic E-state index is 13.1. The van der Waals surface area contributed by atoms with E-state index in [0.717, 1.165) is 53.4 Å². The number of pyridine rings is 1. The highest BCUT2D eigenvalue weighted by Crippen LogP contribution is 2.39. The highest BCUT2D eigenvalue weighted by atomic mass is 32.2. The van der Waals surface area contributed by atoms with Crippen LogP contribution in [-0.4, -0.2) is 85.0 Å². The number of alkyl halides is 2. The fourth-order valence-electron chi connectivity index (χ4n) is 4.10. The summed E-state index contributed by atoms with van der Waals surface area (Å²) in [5.74, 6) is 0.493. The molecule has 14 heteroatoms. The van der Waals surface area contributed by atoms with Gasteiger partial charge in [0.05, 0.1) is 17.4 Å².